The second-order valence-electron chi connectivity index (χ2n) is 4.31. The molecular weight excluding hydrogens is 311 g/mol. The predicted octanol–water partition coefficient (Wildman–Crippen LogP) is 3.35. The summed E-state index contributed by atoms with van der Waals surface area (Å²) in [5, 5.41) is 3.85. The zero-order valence-corrected chi connectivity index (χ0v) is 12.0. The third kappa shape index (κ3) is 3.75. The first-order chi connectivity index (χ1) is 8.90. The largest absolute Gasteiger partial charge is 0.384 e. The molecule has 0 heterocycles. The van der Waals surface area contributed by atoms with Crippen LogP contribution in [0.3, 0.4) is 0 Å². The molecule has 1 fully saturated rings. The van der Waals surface area contributed by atoms with Crippen molar-refractivity contribution in [1.29, 1.82) is 0 Å². The number of halogens is 3. The molecule has 0 radical (unpaired) electrons. The van der Waals surface area contributed by atoms with Crippen LogP contribution in [-0.4, -0.2) is 16.1 Å². The summed E-state index contributed by atoms with van der Waals surface area (Å²) in [6, 6.07) is 6.52. The quantitative estimate of drug-likeness (QED) is 0.304. The van der Waals surface area contributed by atoms with Crippen LogP contribution >= 0.6 is 34.8 Å². The normalized spacial score (nSPS) is 21.0. The molecular formula is C12H11Cl3N2O2. The Labute approximate surface area is 125 Å². The van der Waals surface area contributed by atoms with Crippen molar-refractivity contribution in [3.05, 3.63) is 34.9 Å². The molecule has 2 rings (SSSR count). The van der Waals surface area contributed by atoms with E-state index in [1.807, 2.05) is 0 Å². The van der Waals surface area contributed by atoms with Gasteiger partial charge < -0.3 is 10.6 Å². The fourth-order valence-electron chi connectivity index (χ4n) is 1.56. The lowest BCUT2D eigenvalue weighted by atomic mass is 10.2. The lowest BCUT2D eigenvalue weighted by molar-refractivity contribution is 0.0514. The van der Waals surface area contributed by atoms with Gasteiger partial charge in [-0.05, 0) is 18.6 Å². The van der Waals surface area contributed by atoms with E-state index in [0.717, 1.165) is 0 Å². The molecule has 0 aliphatic heterocycles. The molecule has 1 saturated carbocycles. The topological polar surface area (TPSA) is 64.7 Å². The number of hydrogen-bond donors (Lipinski definition) is 1. The fourth-order valence-corrected chi connectivity index (χ4v) is 2.30. The lowest BCUT2D eigenvalue weighted by Gasteiger charge is -2.02. The Morgan fingerprint density at radius 3 is 2.68 bits per heavy atom. The molecule has 1 aromatic carbocycles. The Bertz CT molecular complexity index is 531. The van der Waals surface area contributed by atoms with Crippen LogP contribution in [0.15, 0.2) is 29.4 Å². The number of oxime groups is 1. The van der Waals surface area contributed by atoms with E-state index in [2.05, 4.69) is 5.16 Å². The third-order valence-corrected chi connectivity index (χ3v) is 4.01. The maximum Gasteiger partial charge on any atom is 0.367 e. The Hall–Kier alpha value is -0.970. The van der Waals surface area contributed by atoms with Crippen molar-refractivity contribution in [3.8, 4) is 0 Å². The van der Waals surface area contributed by atoms with Gasteiger partial charge in [-0.1, -0.05) is 28.9 Å². The minimum Gasteiger partial charge on any atom is -0.384 e. The highest BCUT2D eigenvalue weighted by atomic mass is 35.5. The van der Waals surface area contributed by atoms with Gasteiger partial charge in [0.1, 0.15) is 10.2 Å². The number of hydrogen-bond acceptors (Lipinski definition) is 3. The van der Waals surface area contributed by atoms with Crippen LogP contribution in [-0.2, 0) is 4.84 Å². The maximum absolute atomic E-state index is 11.7. The van der Waals surface area contributed by atoms with Gasteiger partial charge in [0.2, 0.25) is 0 Å². The molecule has 0 spiro atoms. The average Bonchev–Trinajstić information content (AvgIpc) is 2.94. The van der Waals surface area contributed by atoms with Gasteiger partial charge >= 0.3 is 5.97 Å². The van der Waals surface area contributed by atoms with Crippen molar-refractivity contribution in [2.75, 3.05) is 0 Å². The first-order valence-electron chi connectivity index (χ1n) is 5.56. The SMILES string of the molecule is N/C(C[C@@H]1CC1(Cl)Cl)=N/OC(=O)c1ccccc1Cl. The van der Waals surface area contributed by atoms with Gasteiger partial charge in [0.25, 0.3) is 0 Å². The minimum absolute atomic E-state index is 0.0543. The molecule has 0 saturated heterocycles. The van der Waals surface area contributed by atoms with E-state index in [1.165, 1.54) is 0 Å². The number of carbonyl (C=O) groups is 1. The number of carbonyl (C=O) groups excluding carboxylic acids is 1. The van der Waals surface area contributed by atoms with Gasteiger partial charge in [-0.25, -0.2) is 4.79 Å². The molecule has 102 valence electrons. The molecule has 1 atom stereocenters. The summed E-state index contributed by atoms with van der Waals surface area (Å²) < 4.78 is -0.729. The maximum atomic E-state index is 11.7. The first-order valence-corrected chi connectivity index (χ1v) is 6.69. The summed E-state index contributed by atoms with van der Waals surface area (Å²) in [4.78, 5) is 16.4. The highest BCUT2D eigenvalue weighted by Crippen LogP contribution is 2.54. The van der Waals surface area contributed by atoms with Gasteiger partial charge in [-0.15, -0.1) is 23.2 Å². The highest BCUT2D eigenvalue weighted by Gasteiger charge is 2.51. The van der Waals surface area contributed by atoms with Crippen molar-refractivity contribution < 1.29 is 9.63 Å². The molecule has 0 unspecified atom stereocenters. The average molecular weight is 322 g/mol. The second kappa shape index (κ2) is 5.57. The molecule has 1 aliphatic rings. The van der Waals surface area contributed by atoms with Crippen LogP contribution in [0.2, 0.25) is 5.02 Å². The van der Waals surface area contributed by atoms with E-state index in [0.29, 0.717) is 17.9 Å². The van der Waals surface area contributed by atoms with Gasteiger partial charge in [-0.3, -0.25) is 0 Å². The predicted molar refractivity (Wildman–Crippen MR) is 75.7 cm³/mol. The summed E-state index contributed by atoms with van der Waals surface area (Å²) in [6.07, 6.45) is 1.05. The van der Waals surface area contributed by atoms with Gasteiger partial charge in [-0.2, -0.15) is 0 Å². The van der Waals surface area contributed by atoms with E-state index in [1.54, 1.807) is 24.3 Å². The van der Waals surface area contributed by atoms with Crippen LogP contribution in [0, 0.1) is 5.92 Å². The zero-order valence-electron chi connectivity index (χ0n) is 9.78. The first kappa shape index (κ1) is 14.4. The summed E-state index contributed by atoms with van der Waals surface area (Å²) in [5.74, 6) is -0.431. The smallest absolute Gasteiger partial charge is 0.367 e. The summed E-state index contributed by atoms with van der Waals surface area (Å²) in [6.45, 7) is 0. The van der Waals surface area contributed by atoms with Gasteiger partial charge in [0, 0.05) is 12.3 Å². The fraction of sp³-hybridized carbons (Fsp3) is 0.333. The van der Waals surface area contributed by atoms with Crippen LogP contribution in [0.4, 0.5) is 0 Å². The Morgan fingerprint density at radius 2 is 2.11 bits per heavy atom. The molecule has 0 bridgehead atoms. The monoisotopic (exact) mass is 320 g/mol. The standard InChI is InChI=1S/C12H11Cl3N2O2/c13-9-4-2-1-3-8(9)11(18)19-17-10(16)5-7-6-12(7,14)15/h1-4,7H,5-6H2,(H2,16,17)/t7-/m1/s1. The van der Waals surface area contributed by atoms with E-state index in [9.17, 15) is 4.79 Å². The molecule has 0 amide bonds. The van der Waals surface area contributed by atoms with Crippen molar-refractivity contribution >= 4 is 46.6 Å². The van der Waals surface area contributed by atoms with E-state index >= 15 is 0 Å². The van der Waals surface area contributed by atoms with Crippen LogP contribution < -0.4 is 5.73 Å². The second-order valence-corrected chi connectivity index (χ2v) is 6.26. The highest BCUT2D eigenvalue weighted by molar-refractivity contribution is 6.51. The Morgan fingerprint density at radius 1 is 1.47 bits per heavy atom. The number of amidine groups is 1. The molecule has 7 heteroatoms. The lowest BCUT2D eigenvalue weighted by Crippen LogP contribution is -2.15. The number of nitrogens with zero attached hydrogens (tertiary/aromatic N) is 1. The van der Waals surface area contributed by atoms with Crippen molar-refractivity contribution in [1.82, 2.24) is 0 Å². The number of nitrogens with two attached hydrogens (primary N) is 1. The van der Waals surface area contributed by atoms with Crippen molar-refractivity contribution in [2.24, 2.45) is 16.8 Å². The van der Waals surface area contributed by atoms with E-state index in [4.69, 9.17) is 45.4 Å². The number of benzene rings is 1. The van der Waals surface area contributed by atoms with E-state index < -0.39 is 10.3 Å². The molecule has 1 aromatic rings. The Kier molecular flexibility index (Phi) is 4.23. The van der Waals surface area contributed by atoms with Crippen LogP contribution in [0.5, 0.6) is 0 Å². The summed E-state index contributed by atoms with van der Waals surface area (Å²) in [7, 11) is 0. The summed E-state index contributed by atoms with van der Waals surface area (Å²) >= 11 is 17.6. The molecule has 2 N–H and O–H groups in total. The minimum atomic E-state index is -0.729. The van der Waals surface area contributed by atoms with Crippen LogP contribution in [0.1, 0.15) is 23.2 Å². The van der Waals surface area contributed by atoms with E-state index in [-0.39, 0.29) is 17.3 Å². The molecule has 4 nitrogen and oxygen atoms in total. The van der Waals surface area contributed by atoms with Crippen molar-refractivity contribution in [2.45, 2.75) is 17.2 Å². The van der Waals surface area contributed by atoms with Crippen LogP contribution in [0.25, 0.3) is 0 Å². The third-order valence-electron chi connectivity index (χ3n) is 2.75. The molecule has 0 aromatic heterocycles. The number of rotatable bonds is 4. The molecule has 19 heavy (non-hydrogen) atoms. The number of alkyl halides is 2. The Balaban J connectivity index is 1.91. The van der Waals surface area contributed by atoms with Crippen molar-refractivity contribution in [3.63, 3.8) is 0 Å². The van der Waals surface area contributed by atoms with Gasteiger partial charge in [0.15, 0.2) is 0 Å². The molecule has 1 aliphatic carbocycles. The summed E-state index contributed by atoms with van der Waals surface area (Å²) in [5.41, 5.74) is 5.86. The zero-order chi connectivity index (χ0) is 14.0. The van der Waals surface area contributed by atoms with Gasteiger partial charge in [0.05, 0.1) is 10.6 Å².